The Bertz CT molecular complexity index is 884. The summed E-state index contributed by atoms with van der Waals surface area (Å²) in [5, 5.41) is 3.83. The fourth-order valence-corrected chi connectivity index (χ4v) is 4.51. The Morgan fingerprint density at radius 1 is 1.00 bits per heavy atom. The molecule has 2 aromatic rings. The van der Waals surface area contributed by atoms with Crippen LogP contribution in [0.2, 0.25) is 5.02 Å². The lowest BCUT2D eigenvalue weighted by atomic mass is 9.95. The Balaban J connectivity index is 1.77. The van der Waals surface area contributed by atoms with Crippen molar-refractivity contribution >= 4 is 23.4 Å². The van der Waals surface area contributed by atoms with Crippen LogP contribution < -0.4 is 5.32 Å². The zero-order chi connectivity index (χ0) is 22.4. The second kappa shape index (κ2) is 10.8. The summed E-state index contributed by atoms with van der Waals surface area (Å²) in [5.74, 6) is -0.124. The van der Waals surface area contributed by atoms with E-state index in [1.165, 1.54) is 6.42 Å². The maximum Gasteiger partial charge on any atom is 0.242 e. The van der Waals surface area contributed by atoms with Gasteiger partial charge in [-0.05, 0) is 56.9 Å². The molecule has 0 saturated heterocycles. The van der Waals surface area contributed by atoms with Crippen LogP contribution in [0.25, 0.3) is 0 Å². The third-order valence-electron chi connectivity index (χ3n) is 6.02. The number of hydrogen-bond donors (Lipinski definition) is 1. The predicted molar refractivity (Wildman–Crippen MR) is 126 cm³/mol. The van der Waals surface area contributed by atoms with Gasteiger partial charge >= 0.3 is 0 Å². The van der Waals surface area contributed by atoms with Crippen LogP contribution in [0.1, 0.15) is 61.3 Å². The fourth-order valence-electron chi connectivity index (χ4n) is 4.39. The highest BCUT2D eigenvalue weighted by atomic mass is 35.5. The third kappa shape index (κ3) is 6.83. The minimum Gasteiger partial charge on any atom is -0.352 e. The van der Waals surface area contributed by atoms with E-state index >= 15 is 0 Å². The van der Waals surface area contributed by atoms with Gasteiger partial charge in [-0.25, -0.2) is 0 Å². The van der Waals surface area contributed by atoms with Crippen molar-refractivity contribution in [1.29, 1.82) is 0 Å². The van der Waals surface area contributed by atoms with Crippen LogP contribution >= 0.6 is 11.6 Å². The van der Waals surface area contributed by atoms with Crippen molar-refractivity contribution in [3.63, 3.8) is 0 Å². The Morgan fingerprint density at radius 3 is 2.23 bits per heavy atom. The first-order chi connectivity index (χ1) is 14.8. The number of rotatable bonds is 7. The zero-order valence-corrected chi connectivity index (χ0v) is 19.5. The molecule has 1 aliphatic carbocycles. The van der Waals surface area contributed by atoms with Gasteiger partial charge in [0, 0.05) is 17.6 Å². The molecule has 166 valence electrons. The maximum atomic E-state index is 13.4. The van der Waals surface area contributed by atoms with Crippen molar-refractivity contribution in [2.75, 3.05) is 0 Å². The number of carbonyl (C=O) groups excluding carboxylic acids is 2. The van der Waals surface area contributed by atoms with Crippen LogP contribution in [0.3, 0.4) is 0 Å². The van der Waals surface area contributed by atoms with E-state index in [0.717, 1.165) is 47.9 Å². The minimum absolute atomic E-state index is 0.0498. The number of nitrogens with zero attached hydrogens (tertiary/aromatic N) is 1. The summed E-state index contributed by atoms with van der Waals surface area (Å²) in [6, 6.07) is 13.3. The molecule has 2 aromatic carbocycles. The molecule has 0 unspecified atom stereocenters. The standard InChI is InChI=1S/C26H33ClN2O2/c1-18-13-19(2)15-22(14-18)16-25(30)29(17-21-9-11-23(27)12-10-21)20(3)26(31)28-24-7-5-4-6-8-24/h9-15,20,24H,4-8,16-17H2,1-3H3,(H,28,31)/t20-/m0/s1. The summed E-state index contributed by atoms with van der Waals surface area (Å²) in [4.78, 5) is 28.1. The van der Waals surface area contributed by atoms with E-state index in [1.807, 2.05) is 57.2 Å². The van der Waals surface area contributed by atoms with Crippen LogP contribution in [-0.2, 0) is 22.6 Å². The van der Waals surface area contributed by atoms with Crippen molar-refractivity contribution in [3.8, 4) is 0 Å². The molecule has 2 amide bonds. The highest BCUT2D eigenvalue weighted by Gasteiger charge is 2.28. The first kappa shape index (κ1) is 23.3. The normalized spacial score (nSPS) is 15.4. The van der Waals surface area contributed by atoms with E-state index in [2.05, 4.69) is 11.4 Å². The molecule has 0 heterocycles. The molecule has 0 bridgehead atoms. The molecule has 1 N–H and O–H groups in total. The molecule has 0 spiro atoms. The summed E-state index contributed by atoms with van der Waals surface area (Å²) < 4.78 is 0. The van der Waals surface area contributed by atoms with Gasteiger partial charge in [0.15, 0.2) is 0 Å². The Labute approximate surface area is 191 Å². The summed E-state index contributed by atoms with van der Waals surface area (Å²) in [7, 11) is 0. The van der Waals surface area contributed by atoms with E-state index in [4.69, 9.17) is 11.6 Å². The van der Waals surface area contributed by atoms with E-state index in [-0.39, 0.29) is 24.3 Å². The van der Waals surface area contributed by atoms with E-state index in [1.54, 1.807) is 4.90 Å². The average molecular weight is 441 g/mol. The van der Waals surface area contributed by atoms with Crippen molar-refractivity contribution in [3.05, 3.63) is 69.7 Å². The van der Waals surface area contributed by atoms with Gasteiger partial charge in [0.25, 0.3) is 0 Å². The molecule has 0 aromatic heterocycles. The van der Waals surface area contributed by atoms with Crippen molar-refractivity contribution in [2.45, 2.75) is 77.9 Å². The molecule has 1 fully saturated rings. The van der Waals surface area contributed by atoms with Gasteiger partial charge in [0.1, 0.15) is 6.04 Å². The molecule has 1 aliphatic rings. The molecule has 3 rings (SSSR count). The largest absolute Gasteiger partial charge is 0.352 e. The maximum absolute atomic E-state index is 13.4. The summed E-state index contributed by atoms with van der Waals surface area (Å²) >= 11 is 6.02. The fraction of sp³-hybridized carbons (Fsp3) is 0.462. The second-order valence-electron chi connectivity index (χ2n) is 8.84. The number of carbonyl (C=O) groups is 2. The van der Waals surface area contributed by atoms with Crippen LogP contribution in [0.5, 0.6) is 0 Å². The molecule has 31 heavy (non-hydrogen) atoms. The molecular formula is C26H33ClN2O2. The second-order valence-corrected chi connectivity index (χ2v) is 9.28. The Kier molecular flexibility index (Phi) is 8.14. The summed E-state index contributed by atoms with van der Waals surface area (Å²) in [6.07, 6.45) is 5.85. The minimum atomic E-state index is -0.545. The van der Waals surface area contributed by atoms with Crippen LogP contribution in [0.4, 0.5) is 0 Å². The van der Waals surface area contributed by atoms with E-state index in [0.29, 0.717) is 11.6 Å². The number of halogens is 1. The summed E-state index contributed by atoms with van der Waals surface area (Å²) in [5.41, 5.74) is 4.20. The van der Waals surface area contributed by atoms with Gasteiger partial charge in [0.05, 0.1) is 6.42 Å². The average Bonchev–Trinajstić information content (AvgIpc) is 2.72. The Morgan fingerprint density at radius 2 is 1.61 bits per heavy atom. The molecular weight excluding hydrogens is 408 g/mol. The van der Waals surface area contributed by atoms with Crippen LogP contribution in [0, 0.1) is 13.8 Å². The summed E-state index contributed by atoms with van der Waals surface area (Å²) in [6.45, 7) is 6.27. The van der Waals surface area contributed by atoms with E-state index in [9.17, 15) is 9.59 Å². The number of nitrogens with one attached hydrogen (secondary N) is 1. The van der Waals surface area contributed by atoms with Gasteiger partial charge in [0.2, 0.25) is 11.8 Å². The van der Waals surface area contributed by atoms with Gasteiger partial charge in [-0.2, -0.15) is 0 Å². The first-order valence-corrected chi connectivity index (χ1v) is 11.6. The van der Waals surface area contributed by atoms with Gasteiger partial charge in [-0.3, -0.25) is 9.59 Å². The molecule has 1 saturated carbocycles. The van der Waals surface area contributed by atoms with Crippen molar-refractivity contribution < 1.29 is 9.59 Å². The van der Waals surface area contributed by atoms with Gasteiger partial charge in [-0.15, -0.1) is 0 Å². The highest BCUT2D eigenvalue weighted by Crippen LogP contribution is 2.19. The lowest BCUT2D eigenvalue weighted by Gasteiger charge is -2.31. The van der Waals surface area contributed by atoms with E-state index < -0.39 is 6.04 Å². The monoisotopic (exact) mass is 440 g/mol. The van der Waals surface area contributed by atoms with Gasteiger partial charge < -0.3 is 10.2 Å². The lowest BCUT2D eigenvalue weighted by Crippen LogP contribution is -2.50. The number of hydrogen-bond acceptors (Lipinski definition) is 2. The molecule has 1 atom stereocenters. The van der Waals surface area contributed by atoms with Crippen molar-refractivity contribution in [2.24, 2.45) is 0 Å². The number of aryl methyl sites for hydroxylation is 2. The van der Waals surface area contributed by atoms with Crippen LogP contribution in [0.15, 0.2) is 42.5 Å². The number of amides is 2. The molecule has 0 radical (unpaired) electrons. The zero-order valence-electron chi connectivity index (χ0n) is 18.8. The molecule has 5 heteroatoms. The highest BCUT2D eigenvalue weighted by molar-refractivity contribution is 6.30. The van der Waals surface area contributed by atoms with Crippen molar-refractivity contribution in [1.82, 2.24) is 10.2 Å². The molecule has 4 nitrogen and oxygen atoms in total. The number of benzene rings is 2. The third-order valence-corrected chi connectivity index (χ3v) is 6.27. The topological polar surface area (TPSA) is 49.4 Å². The SMILES string of the molecule is Cc1cc(C)cc(CC(=O)N(Cc2ccc(Cl)cc2)[C@@H](C)C(=O)NC2CCCCC2)c1. The first-order valence-electron chi connectivity index (χ1n) is 11.2. The Hall–Kier alpha value is -2.33. The molecule has 0 aliphatic heterocycles. The van der Waals surface area contributed by atoms with Crippen LogP contribution in [-0.4, -0.2) is 28.8 Å². The predicted octanol–water partition coefficient (Wildman–Crippen LogP) is 5.37. The smallest absolute Gasteiger partial charge is 0.242 e. The lowest BCUT2D eigenvalue weighted by molar-refractivity contribution is -0.140. The quantitative estimate of drug-likeness (QED) is 0.629. The van der Waals surface area contributed by atoms with Gasteiger partial charge in [-0.1, -0.05) is 72.3 Å².